The Morgan fingerprint density at radius 1 is 1.18 bits per heavy atom. The van der Waals surface area contributed by atoms with E-state index < -0.39 is 11.9 Å². The van der Waals surface area contributed by atoms with Gasteiger partial charge in [-0.3, -0.25) is 0 Å². The van der Waals surface area contributed by atoms with Crippen LogP contribution in [0.1, 0.15) is 73.1 Å². The minimum atomic E-state index is -0.439. The second kappa shape index (κ2) is 6.99. The van der Waals surface area contributed by atoms with Crippen LogP contribution in [0.5, 0.6) is 0 Å². The zero-order valence-corrected chi connectivity index (χ0v) is 14.6. The Bertz CT molecular complexity index is 552. The molecule has 1 aromatic rings. The van der Waals surface area contributed by atoms with Gasteiger partial charge in [-0.05, 0) is 38.2 Å². The molecule has 1 N–H and O–H groups in total. The first kappa shape index (κ1) is 18.3. The molecule has 1 rings (SSSR count). The molecule has 5 heteroatoms. The summed E-state index contributed by atoms with van der Waals surface area (Å²) in [7, 11) is 0. The number of carbonyl (C=O) groups excluding carboxylic acids is 2. The van der Waals surface area contributed by atoms with Crippen molar-refractivity contribution in [2.45, 2.75) is 61.0 Å². The summed E-state index contributed by atoms with van der Waals surface area (Å²) in [5.74, 6) is -0.853. The highest BCUT2D eigenvalue weighted by Gasteiger charge is 2.28. The van der Waals surface area contributed by atoms with Gasteiger partial charge >= 0.3 is 11.9 Å². The van der Waals surface area contributed by atoms with Gasteiger partial charge in [0, 0.05) is 5.69 Å². The van der Waals surface area contributed by atoms with Crippen LogP contribution in [0, 0.1) is 19.3 Å². The van der Waals surface area contributed by atoms with Gasteiger partial charge < -0.3 is 14.5 Å². The number of aromatic amines is 1. The zero-order chi connectivity index (χ0) is 17.1. The van der Waals surface area contributed by atoms with E-state index in [1.807, 2.05) is 34.6 Å². The molecule has 0 unspecified atom stereocenters. The van der Waals surface area contributed by atoms with Crippen molar-refractivity contribution in [3.05, 3.63) is 22.5 Å². The highest BCUT2D eigenvalue weighted by Crippen LogP contribution is 2.25. The van der Waals surface area contributed by atoms with E-state index in [4.69, 9.17) is 9.47 Å². The molecular weight excluding hydrogens is 282 g/mol. The van der Waals surface area contributed by atoms with Crippen LogP contribution in [0.15, 0.2) is 0 Å². The molecule has 1 aromatic heterocycles. The Kier molecular flexibility index (Phi) is 5.80. The first-order valence-corrected chi connectivity index (χ1v) is 7.66. The predicted octanol–water partition coefficient (Wildman–Crippen LogP) is 3.79. The molecule has 0 radical (unpaired) electrons. The topological polar surface area (TPSA) is 68.4 Å². The van der Waals surface area contributed by atoms with Gasteiger partial charge in [0.05, 0.1) is 12.2 Å². The van der Waals surface area contributed by atoms with Gasteiger partial charge in [-0.15, -0.1) is 0 Å². The molecule has 0 aliphatic rings. The largest absolute Gasteiger partial charge is 0.461 e. The van der Waals surface area contributed by atoms with Crippen molar-refractivity contribution in [2.24, 2.45) is 5.41 Å². The molecule has 0 spiro atoms. The summed E-state index contributed by atoms with van der Waals surface area (Å²) in [4.78, 5) is 27.3. The Morgan fingerprint density at radius 2 is 1.77 bits per heavy atom. The Hall–Kier alpha value is -1.78. The molecule has 0 saturated carbocycles. The second-order valence-corrected chi connectivity index (χ2v) is 6.67. The fraction of sp³-hybridized carbons (Fsp3) is 0.647. The number of ether oxygens (including phenoxy) is 2. The van der Waals surface area contributed by atoms with E-state index in [1.54, 1.807) is 13.8 Å². The Balaban J connectivity index is 2.99. The molecule has 5 nitrogen and oxygen atoms in total. The molecule has 1 heterocycles. The lowest BCUT2D eigenvalue weighted by atomic mass is 9.90. The van der Waals surface area contributed by atoms with E-state index in [0.717, 1.165) is 6.42 Å². The molecule has 0 bridgehead atoms. The summed E-state index contributed by atoms with van der Waals surface area (Å²) in [6, 6.07) is 0. The molecule has 0 saturated heterocycles. The molecule has 0 aliphatic carbocycles. The molecule has 22 heavy (non-hydrogen) atoms. The Morgan fingerprint density at radius 3 is 2.27 bits per heavy atom. The van der Waals surface area contributed by atoms with E-state index in [2.05, 4.69) is 4.98 Å². The highest BCUT2D eigenvalue weighted by atomic mass is 16.5. The van der Waals surface area contributed by atoms with E-state index in [-0.39, 0.29) is 11.5 Å². The molecule has 0 aromatic carbocycles. The van der Waals surface area contributed by atoms with Crippen molar-refractivity contribution in [2.75, 3.05) is 6.61 Å². The quantitative estimate of drug-likeness (QED) is 0.840. The monoisotopic (exact) mass is 309 g/mol. The minimum Gasteiger partial charge on any atom is -0.461 e. The number of rotatable bonds is 5. The fourth-order valence-electron chi connectivity index (χ4n) is 1.92. The maximum atomic E-state index is 12.4. The Labute approximate surface area is 132 Å². The third-order valence-electron chi connectivity index (χ3n) is 3.79. The van der Waals surface area contributed by atoms with Crippen molar-refractivity contribution in [1.29, 1.82) is 0 Å². The summed E-state index contributed by atoms with van der Waals surface area (Å²) >= 11 is 0. The zero-order valence-electron chi connectivity index (χ0n) is 14.6. The molecule has 0 amide bonds. The number of aromatic nitrogens is 1. The van der Waals surface area contributed by atoms with E-state index in [1.165, 1.54) is 0 Å². The standard InChI is InChI=1S/C17H27NO4/c1-8-9-21-16(20)14-10(2)13(11(3)18-14)15(19)22-12(4)17(5,6)7/h12,18H,8-9H2,1-7H3/t12-/m0/s1. The number of carbonyl (C=O) groups is 2. The van der Waals surface area contributed by atoms with Crippen LogP contribution in [0.3, 0.4) is 0 Å². The second-order valence-electron chi connectivity index (χ2n) is 6.67. The number of nitrogens with one attached hydrogen (secondary N) is 1. The molecule has 0 fully saturated rings. The van der Waals surface area contributed by atoms with Crippen LogP contribution >= 0.6 is 0 Å². The van der Waals surface area contributed by atoms with Crippen molar-refractivity contribution < 1.29 is 19.1 Å². The summed E-state index contributed by atoms with van der Waals surface area (Å²) < 4.78 is 10.6. The van der Waals surface area contributed by atoms with Crippen molar-refractivity contribution in [3.8, 4) is 0 Å². The summed E-state index contributed by atoms with van der Waals surface area (Å²) in [6.07, 6.45) is 0.520. The molecule has 124 valence electrons. The molecule has 1 atom stereocenters. The van der Waals surface area contributed by atoms with E-state index in [9.17, 15) is 9.59 Å². The van der Waals surface area contributed by atoms with Gasteiger partial charge in [-0.1, -0.05) is 27.7 Å². The predicted molar refractivity (Wildman–Crippen MR) is 85.2 cm³/mol. The normalized spacial score (nSPS) is 12.9. The maximum Gasteiger partial charge on any atom is 0.355 e. The third-order valence-corrected chi connectivity index (χ3v) is 3.79. The van der Waals surface area contributed by atoms with Gasteiger partial charge in [0.25, 0.3) is 0 Å². The van der Waals surface area contributed by atoms with Crippen LogP contribution in [-0.4, -0.2) is 29.6 Å². The van der Waals surface area contributed by atoms with Gasteiger partial charge in [0.1, 0.15) is 11.8 Å². The van der Waals surface area contributed by atoms with Crippen LogP contribution in [-0.2, 0) is 9.47 Å². The maximum absolute atomic E-state index is 12.4. The van der Waals surface area contributed by atoms with Gasteiger partial charge in [-0.2, -0.15) is 0 Å². The van der Waals surface area contributed by atoms with Crippen LogP contribution in [0.25, 0.3) is 0 Å². The van der Waals surface area contributed by atoms with Crippen LogP contribution in [0.4, 0.5) is 0 Å². The summed E-state index contributed by atoms with van der Waals surface area (Å²) in [5.41, 5.74) is 1.79. The summed E-state index contributed by atoms with van der Waals surface area (Å²) in [5, 5.41) is 0. The lowest BCUT2D eigenvalue weighted by Crippen LogP contribution is -2.29. The lowest BCUT2D eigenvalue weighted by molar-refractivity contribution is 0.00467. The fourth-order valence-corrected chi connectivity index (χ4v) is 1.92. The van der Waals surface area contributed by atoms with Gasteiger partial charge in [0.2, 0.25) is 0 Å². The summed E-state index contributed by atoms with van der Waals surface area (Å²) in [6.45, 7) is 13.7. The van der Waals surface area contributed by atoms with Gasteiger partial charge in [-0.25, -0.2) is 9.59 Å². The average Bonchev–Trinajstić information content (AvgIpc) is 2.70. The highest BCUT2D eigenvalue weighted by molar-refractivity contribution is 5.98. The van der Waals surface area contributed by atoms with Crippen molar-refractivity contribution in [3.63, 3.8) is 0 Å². The van der Waals surface area contributed by atoms with Crippen molar-refractivity contribution >= 4 is 11.9 Å². The van der Waals surface area contributed by atoms with Crippen molar-refractivity contribution in [1.82, 2.24) is 4.98 Å². The molecule has 0 aliphatic heterocycles. The smallest absolute Gasteiger partial charge is 0.355 e. The average molecular weight is 309 g/mol. The number of H-pyrrole nitrogens is 1. The van der Waals surface area contributed by atoms with Gasteiger partial charge in [0.15, 0.2) is 0 Å². The minimum absolute atomic E-state index is 0.142. The molecular formula is C17H27NO4. The third kappa shape index (κ3) is 4.12. The SMILES string of the molecule is CCCOC(=O)c1[nH]c(C)c(C(=O)O[C@@H](C)C(C)(C)C)c1C. The van der Waals surface area contributed by atoms with Crippen LogP contribution in [0.2, 0.25) is 0 Å². The number of esters is 2. The first-order chi connectivity index (χ1) is 10.1. The number of hydrogen-bond acceptors (Lipinski definition) is 4. The number of aryl methyl sites for hydroxylation is 1. The van der Waals surface area contributed by atoms with E-state index in [0.29, 0.717) is 29.1 Å². The van der Waals surface area contributed by atoms with Crippen LogP contribution < -0.4 is 0 Å². The first-order valence-electron chi connectivity index (χ1n) is 7.66. The van der Waals surface area contributed by atoms with E-state index >= 15 is 0 Å². The lowest BCUT2D eigenvalue weighted by Gasteiger charge is -2.26. The number of hydrogen-bond donors (Lipinski definition) is 1.